The Morgan fingerprint density at radius 2 is 2.11 bits per heavy atom. The van der Waals surface area contributed by atoms with Crippen molar-refractivity contribution in [1.29, 1.82) is 0 Å². The number of amides is 2. The maximum absolute atomic E-state index is 12.0. The SMILES string of the molecule is O=C(CSc1nnc(-c2cccnc2)n1C1CC1)NNC(=O)c1ccco1. The fourth-order valence-corrected chi connectivity index (χ4v) is 3.30. The molecule has 4 rings (SSSR count). The zero-order valence-electron chi connectivity index (χ0n) is 14.2. The van der Waals surface area contributed by atoms with E-state index in [-0.39, 0.29) is 17.4 Å². The third-order valence-electron chi connectivity index (χ3n) is 3.89. The second-order valence-corrected chi connectivity index (χ2v) is 6.86. The molecule has 1 aliphatic rings. The molecule has 2 amide bonds. The molecule has 27 heavy (non-hydrogen) atoms. The lowest BCUT2D eigenvalue weighted by Crippen LogP contribution is -2.42. The molecule has 1 fully saturated rings. The van der Waals surface area contributed by atoms with Crippen LogP contribution in [0, 0.1) is 0 Å². The summed E-state index contributed by atoms with van der Waals surface area (Å²) < 4.78 is 7.01. The van der Waals surface area contributed by atoms with Crippen molar-refractivity contribution in [2.45, 2.75) is 24.0 Å². The molecule has 3 aromatic heterocycles. The fraction of sp³-hybridized carbons (Fsp3) is 0.235. The number of rotatable bonds is 6. The van der Waals surface area contributed by atoms with Gasteiger partial charge in [-0.3, -0.25) is 30.0 Å². The van der Waals surface area contributed by atoms with E-state index >= 15 is 0 Å². The highest BCUT2D eigenvalue weighted by Crippen LogP contribution is 2.40. The van der Waals surface area contributed by atoms with Crippen LogP contribution in [0.15, 0.2) is 52.5 Å². The molecule has 1 saturated carbocycles. The lowest BCUT2D eigenvalue weighted by atomic mass is 10.3. The van der Waals surface area contributed by atoms with Gasteiger partial charge in [0, 0.05) is 24.0 Å². The van der Waals surface area contributed by atoms with E-state index in [4.69, 9.17) is 4.42 Å². The molecule has 3 aromatic rings. The van der Waals surface area contributed by atoms with Gasteiger partial charge in [-0.1, -0.05) is 11.8 Å². The van der Waals surface area contributed by atoms with E-state index in [1.807, 2.05) is 12.1 Å². The first-order chi connectivity index (χ1) is 13.2. The number of carbonyl (C=O) groups excluding carboxylic acids is 2. The number of hydrogen-bond donors (Lipinski definition) is 2. The van der Waals surface area contributed by atoms with E-state index in [2.05, 4.69) is 30.6 Å². The van der Waals surface area contributed by atoms with Gasteiger partial charge in [-0.2, -0.15) is 0 Å². The first-order valence-corrected chi connectivity index (χ1v) is 9.31. The number of aromatic nitrogens is 4. The van der Waals surface area contributed by atoms with Crippen LogP contribution in [0.5, 0.6) is 0 Å². The van der Waals surface area contributed by atoms with Gasteiger partial charge in [-0.05, 0) is 37.1 Å². The molecule has 0 aliphatic heterocycles. The van der Waals surface area contributed by atoms with Crippen LogP contribution in [-0.4, -0.2) is 37.3 Å². The monoisotopic (exact) mass is 384 g/mol. The van der Waals surface area contributed by atoms with Crippen LogP contribution >= 0.6 is 11.8 Å². The van der Waals surface area contributed by atoms with Crippen molar-refractivity contribution in [2.24, 2.45) is 0 Å². The highest BCUT2D eigenvalue weighted by atomic mass is 32.2. The molecule has 9 nitrogen and oxygen atoms in total. The molecule has 0 saturated heterocycles. The van der Waals surface area contributed by atoms with E-state index in [1.165, 1.54) is 24.1 Å². The van der Waals surface area contributed by atoms with Crippen molar-refractivity contribution in [2.75, 3.05) is 5.75 Å². The number of furan rings is 1. The number of thioether (sulfide) groups is 1. The zero-order valence-corrected chi connectivity index (χ0v) is 15.0. The van der Waals surface area contributed by atoms with Crippen molar-refractivity contribution >= 4 is 23.6 Å². The second-order valence-electron chi connectivity index (χ2n) is 5.92. The summed E-state index contributed by atoms with van der Waals surface area (Å²) in [5.41, 5.74) is 5.55. The summed E-state index contributed by atoms with van der Waals surface area (Å²) in [5.74, 6) is 0.0970. The molecular formula is C17H16N6O3S. The van der Waals surface area contributed by atoms with Gasteiger partial charge in [0.15, 0.2) is 16.7 Å². The molecule has 1 aliphatic carbocycles. The van der Waals surface area contributed by atoms with E-state index in [0.29, 0.717) is 11.2 Å². The predicted octanol–water partition coefficient (Wildman–Crippen LogP) is 1.82. The van der Waals surface area contributed by atoms with Crippen LogP contribution in [0.1, 0.15) is 29.4 Å². The molecule has 138 valence electrons. The van der Waals surface area contributed by atoms with E-state index in [0.717, 1.165) is 24.2 Å². The standard InChI is InChI=1S/C17H16N6O3S/c24-14(19-21-16(25)13-4-2-8-26-13)10-27-17-22-20-15(23(17)12-5-6-12)11-3-1-7-18-9-11/h1-4,7-9,12H,5-6,10H2,(H,19,24)(H,21,25). The van der Waals surface area contributed by atoms with Gasteiger partial charge in [0.2, 0.25) is 5.91 Å². The Hall–Kier alpha value is -3.14. The molecule has 0 bridgehead atoms. The molecule has 0 spiro atoms. The molecule has 3 heterocycles. The Labute approximate surface area is 158 Å². The first kappa shape index (κ1) is 17.3. The molecule has 0 radical (unpaired) electrons. The average Bonchev–Trinajstić information content (AvgIpc) is 3.21. The molecule has 10 heteroatoms. The topological polar surface area (TPSA) is 115 Å². The van der Waals surface area contributed by atoms with Gasteiger partial charge in [0.05, 0.1) is 12.0 Å². The zero-order chi connectivity index (χ0) is 18.6. The van der Waals surface area contributed by atoms with Gasteiger partial charge in [0.1, 0.15) is 0 Å². The Balaban J connectivity index is 1.38. The summed E-state index contributed by atoms with van der Waals surface area (Å²) in [6.07, 6.45) is 6.96. The van der Waals surface area contributed by atoms with Crippen LogP contribution in [0.3, 0.4) is 0 Å². The number of hydrazine groups is 1. The maximum Gasteiger partial charge on any atom is 0.305 e. The predicted molar refractivity (Wildman–Crippen MR) is 96.6 cm³/mol. The van der Waals surface area contributed by atoms with Gasteiger partial charge >= 0.3 is 5.91 Å². The minimum absolute atomic E-state index is 0.0936. The van der Waals surface area contributed by atoms with Gasteiger partial charge in [0.25, 0.3) is 0 Å². The number of hydrogen-bond acceptors (Lipinski definition) is 7. The summed E-state index contributed by atoms with van der Waals surface area (Å²) in [6.45, 7) is 0. The Morgan fingerprint density at radius 1 is 1.22 bits per heavy atom. The van der Waals surface area contributed by atoms with Crippen LogP contribution in [0.2, 0.25) is 0 Å². The second kappa shape index (κ2) is 7.62. The largest absolute Gasteiger partial charge is 0.459 e. The van der Waals surface area contributed by atoms with Crippen molar-refractivity contribution in [3.05, 3.63) is 48.7 Å². The van der Waals surface area contributed by atoms with Gasteiger partial charge in [-0.25, -0.2) is 0 Å². The summed E-state index contributed by atoms with van der Waals surface area (Å²) in [4.78, 5) is 27.9. The van der Waals surface area contributed by atoms with Crippen molar-refractivity contribution in [1.82, 2.24) is 30.6 Å². The van der Waals surface area contributed by atoms with Crippen molar-refractivity contribution < 1.29 is 14.0 Å². The smallest absolute Gasteiger partial charge is 0.305 e. The quantitative estimate of drug-likeness (QED) is 0.492. The Morgan fingerprint density at radius 3 is 2.81 bits per heavy atom. The maximum atomic E-state index is 12.0. The van der Waals surface area contributed by atoms with Gasteiger partial charge < -0.3 is 4.42 Å². The lowest BCUT2D eigenvalue weighted by Gasteiger charge is -2.09. The fourth-order valence-electron chi connectivity index (χ4n) is 2.49. The molecule has 2 N–H and O–H groups in total. The van der Waals surface area contributed by atoms with Crippen LogP contribution in [-0.2, 0) is 4.79 Å². The minimum atomic E-state index is -0.515. The summed E-state index contributed by atoms with van der Waals surface area (Å²) in [7, 11) is 0. The third kappa shape index (κ3) is 4.00. The van der Waals surface area contributed by atoms with Crippen molar-refractivity contribution in [3.8, 4) is 11.4 Å². The number of carbonyl (C=O) groups is 2. The Bertz CT molecular complexity index is 937. The highest BCUT2D eigenvalue weighted by molar-refractivity contribution is 7.99. The van der Waals surface area contributed by atoms with E-state index in [9.17, 15) is 9.59 Å². The third-order valence-corrected chi connectivity index (χ3v) is 4.83. The molecule has 0 unspecified atom stereocenters. The van der Waals surface area contributed by atoms with Crippen LogP contribution in [0.25, 0.3) is 11.4 Å². The Kier molecular flexibility index (Phi) is 4.88. The number of pyridine rings is 1. The summed E-state index contributed by atoms with van der Waals surface area (Å²) >= 11 is 1.27. The summed E-state index contributed by atoms with van der Waals surface area (Å²) in [6, 6.07) is 7.23. The lowest BCUT2D eigenvalue weighted by molar-refractivity contribution is -0.119. The molecule has 0 atom stereocenters. The van der Waals surface area contributed by atoms with Crippen molar-refractivity contribution in [3.63, 3.8) is 0 Å². The minimum Gasteiger partial charge on any atom is -0.459 e. The van der Waals surface area contributed by atoms with Crippen LogP contribution < -0.4 is 10.9 Å². The van der Waals surface area contributed by atoms with Gasteiger partial charge in [-0.15, -0.1) is 10.2 Å². The van der Waals surface area contributed by atoms with E-state index < -0.39 is 5.91 Å². The summed E-state index contributed by atoms with van der Waals surface area (Å²) in [5, 5.41) is 9.17. The molecular weight excluding hydrogens is 368 g/mol. The number of nitrogens with one attached hydrogen (secondary N) is 2. The molecule has 0 aromatic carbocycles. The average molecular weight is 384 g/mol. The highest BCUT2D eigenvalue weighted by Gasteiger charge is 2.30. The van der Waals surface area contributed by atoms with Crippen LogP contribution in [0.4, 0.5) is 0 Å². The number of nitrogens with zero attached hydrogens (tertiary/aromatic N) is 4. The normalized spacial score (nSPS) is 13.3. The van der Waals surface area contributed by atoms with E-state index in [1.54, 1.807) is 18.5 Å². The first-order valence-electron chi connectivity index (χ1n) is 8.33.